The van der Waals surface area contributed by atoms with Crippen LogP contribution in [-0.4, -0.2) is 43.8 Å². The molecule has 12 nitrogen and oxygen atoms in total. The molecule has 0 aliphatic rings. The van der Waals surface area contributed by atoms with E-state index in [1.54, 1.807) is 6.92 Å². The van der Waals surface area contributed by atoms with Crippen molar-refractivity contribution in [2.45, 2.75) is 39.0 Å². The first kappa shape index (κ1) is 26.7. The van der Waals surface area contributed by atoms with Gasteiger partial charge in [0.1, 0.15) is 33.5 Å². The van der Waals surface area contributed by atoms with Crippen LogP contribution in [-0.2, 0) is 16.1 Å². The third-order valence-electron chi connectivity index (χ3n) is 6.04. The summed E-state index contributed by atoms with van der Waals surface area (Å²) in [6.45, 7) is 2.83. The molecule has 1 aromatic carbocycles. The number of carbonyl (C=O) groups is 1. The fourth-order valence-electron chi connectivity index (χ4n) is 4.10. The van der Waals surface area contributed by atoms with Crippen LogP contribution in [0.4, 0.5) is 4.39 Å². The molecule has 0 radical (unpaired) electrons. The SMILES string of the molecule is COc1ccc(F)cc1C(Cn1c(=O)n([C@@H](C)C(N)=O)c(=O)c2c(C)c(-n3nccn3)sc21)OCCC#N. The highest BCUT2D eigenvalue weighted by atomic mass is 32.1. The molecule has 38 heavy (non-hydrogen) atoms. The number of nitrogens with two attached hydrogens (primary N) is 1. The van der Waals surface area contributed by atoms with Crippen LogP contribution in [0.2, 0.25) is 0 Å². The minimum atomic E-state index is -1.25. The summed E-state index contributed by atoms with van der Waals surface area (Å²) in [7, 11) is 1.41. The number of aromatic nitrogens is 5. The van der Waals surface area contributed by atoms with Gasteiger partial charge in [-0.2, -0.15) is 15.5 Å². The summed E-state index contributed by atoms with van der Waals surface area (Å²) in [6.07, 6.45) is 2.03. The predicted octanol–water partition coefficient (Wildman–Crippen LogP) is 1.98. The Morgan fingerprint density at radius 2 is 2.00 bits per heavy atom. The maximum absolute atomic E-state index is 14.3. The lowest BCUT2D eigenvalue weighted by molar-refractivity contribution is -0.120. The van der Waals surface area contributed by atoms with Crippen molar-refractivity contribution in [3.8, 4) is 16.8 Å². The van der Waals surface area contributed by atoms with Gasteiger partial charge in [0.05, 0.1) is 50.5 Å². The number of hydrogen-bond acceptors (Lipinski definition) is 9. The fraction of sp³-hybridized carbons (Fsp3) is 0.333. The predicted molar refractivity (Wildman–Crippen MR) is 136 cm³/mol. The Hall–Kier alpha value is -4.35. The molecule has 1 unspecified atom stereocenters. The van der Waals surface area contributed by atoms with Gasteiger partial charge in [-0.25, -0.2) is 13.8 Å². The second kappa shape index (κ2) is 11.0. The first-order valence-corrected chi connectivity index (χ1v) is 12.3. The molecule has 198 valence electrons. The number of aryl methyl sites for hydroxylation is 1. The summed E-state index contributed by atoms with van der Waals surface area (Å²) in [6, 6.07) is 4.60. The van der Waals surface area contributed by atoms with E-state index in [1.807, 2.05) is 6.07 Å². The van der Waals surface area contributed by atoms with Gasteiger partial charge in [0.2, 0.25) is 5.91 Å². The van der Waals surface area contributed by atoms with Gasteiger partial charge in [-0.15, -0.1) is 4.80 Å². The number of amides is 1. The van der Waals surface area contributed by atoms with Crippen LogP contribution >= 0.6 is 11.3 Å². The first-order chi connectivity index (χ1) is 18.2. The van der Waals surface area contributed by atoms with Crippen molar-refractivity contribution in [3.05, 3.63) is 68.4 Å². The Bertz CT molecular complexity index is 1650. The molecule has 3 heterocycles. The first-order valence-electron chi connectivity index (χ1n) is 11.5. The van der Waals surface area contributed by atoms with Gasteiger partial charge in [0.15, 0.2) is 0 Å². The van der Waals surface area contributed by atoms with Crippen molar-refractivity contribution < 1.29 is 18.7 Å². The van der Waals surface area contributed by atoms with Crippen molar-refractivity contribution >= 4 is 27.5 Å². The lowest BCUT2D eigenvalue weighted by atomic mass is 10.1. The van der Waals surface area contributed by atoms with Crippen LogP contribution in [0.5, 0.6) is 5.75 Å². The summed E-state index contributed by atoms with van der Waals surface area (Å²) in [5.41, 5.74) is 4.77. The minimum absolute atomic E-state index is 0.0119. The highest BCUT2D eigenvalue weighted by molar-refractivity contribution is 7.21. The van der Waals surface area contributed by atoms with Gasteiger partial charge >= 0.3 is 5.69 Å². The van der Waals surface area contributed by atoms with Crippen molar-refractivity contribution in [3.63, 3.8) is 0 Å². The van der Waals surface area contributed by atoms with Gasteiger partial charge in [0, 0.05) is 11.1 Å². The topological polar surface area (TPSA) is 160 Å². The molecule has 4 aromatic rings. The van der Waals surface area contributed by atoms with Crippen LogP contribution in [0.25, 0.3) is 15.2 Å². The largest absolute Gasteiger partial charge is 0.496 e. The Balaban J connectivity index is 2.00. The number of primary amides is 1. The Kier molecular flexibility index (Phi) is 7.70. The Morgan fingerprint density at radius 1 is 1.29 bits per heavy atom. The number of nitrogens with zero attached hydrogens (tertiary/aromatic N) is 6. The number of thiophene rings is 1. The second-order valence-electron chi connectivity index (χ2n) is 8.33. The van der Waals surface area contributed by atoms with Crippen LogP contribution in [0.15, 0.2) is 40.2 Å². The van der Waals surface area contributed by atoms with Gasteiger partial charge in [0.25, 0.3) is 5.56 Å². The fourth-order valence-corrected chi connectivity index (χ4v) is 5.32. The van der Waals surface area contributed by atoms with Crippen molar-refractivity contribution in [2.24, 2.45) is 5.73 Å². The standard InChI is InChI=1S/C24H24FN7O5S/c1-13-19-21(34)31(14(2)20(27)33)24(35)30(23(19)38-22(13)32-28-8-9-29-32)12-18(37-10-4-7-26)16-11-15(25)5-6-17(16)36-3/h5-6,8-9,11,14,18H,4,10,12H2,1-3H3,(H2,27,33)/t14-,18?/m0/s1. The molecule has 0 aliphatic heterocycles. The number of carbonyl (C=O) groups excluding carboxylic acids is 1. The number of ether oxygens (including phenoxy) is 2. The van der Waals surface area contributed by atoms with E-state index < -0.39 is 35.1 Å². The highest BCUT2D eigenvalue weighted by Gasteiger charge is 2.28. The smallest absolute Gasteiger partial charge is 0.332 e. The monoisotopic (exact) mass is 541 g/mol. The Morgan fingerprint density at radius 3 is 2.63 bits per heavy atom. The molecule has 0 bridgehead atoms. The molecular formula is C24H24FN7O5S. The lowest BCUT2D eigenvalue weighted by Gasteiger charge is -2.23. The minimum Gasteiger partial charge on any atom is -0.496 e. The summed E-state index contributed by atoms with van der Waals surface area (Å²) in [5, 5.41) is 17.9. The normalized spacial score (nSPS) is 12.8. The summed E-state index contributed by atoms with van der Waals surface area (Å²) in [5.74, 6) is -1.12. The molecule has 0 aliphatic carbocycles. The van der Waals surface area contributed by atoms with Crippen molar-refractivity contribution in [1.29, 1.82) is 5.26 Å². The van der Waals surface area contributed by atoms with Crippen molar-refractivity contribution in [1.82, 2.24) is 24.1 Å². The Labute approximate surface area is 219 Å². The molecule has 4 rings (SSSR count). The highest BCUT2D eigenvalue weighted by Crippen LogP contribution is 2.34. The number of nitriles is 1. The van der Waals surface area contributed by atoms with Crippen LogP contribution < -0.4 is 21.7 Å². The molecule has 2 atom stereocenters. The average molecular weight is 542 g/mol. The molecule has 14 heteroatoms. The average Bonchev–Trinajstić information content (AvgIpc) is 3.53. The van der Waals surface area contributed by atoms with E-state index in [4.69, 9.17) is 20.5 Å². The zero-order valence-electron chi connectivity index (χ0n) is 20.8. The number of halogens is 1. The molecule has 0 spiro atoms. The third kappa shape index (κ3) is 4.81. The molecule has 0 saturated heterocycles. The zero-order valence-corrected chi connectivity index (χ0v) is 21.6. The van der Waals surface area contributed by atoms with Crippen LogP contribution in [0.3, 0.4) is 0 Å². The molecule has 1 amide bonds. The number of hydrogen-bond donors (Lipinski definition) is 1. The van der Waals surface area contributed by atoms with E-state index in [-0.39, 0.29) is 29.8 Å². The van der Waals surface area contributed by atoms with Gasteiger partial charge in [-0.05, 0) is 32.0 Å². The molecule has 3 aromatic heterocycles. The van der Waals surface area contributed by atoms with E-state index in [0.717, 1.165) is 15.9 Å². The summed E-state index contributed by atoms with van der Waals surface area (Å²) in [4.78, 5) is 40.9. The number of benzene rings is 1. The molecular weight excluding hydrogens is 517 g/mol. The van der Waals surface area contributed by atoms with E-state index in [1.165, 1.54) is 54.0 Å². The van der Waals surface area contributed by atoms with E-state index in [2.05, 4.69) is 10.2 Å². The van der Waals surface area contributed by atoms with Crippen LogP contribution in [0, 0.1) is 24.1 Å². The maximum atomic E-state index is 14.3. The van der Waals surface area contributed by atoms with E-state index in [9.17, 15) is 18.8 Å². The molecule has 2 N–H and O–H groups in total. The van der Waals surface area contributed by atoms with Gasteiger partial charge in [-0.1, -0.05) is 11.3 Å². The van der Waals surface area contributed by atoms with E-state index in [0.29, 0.717) is 21.9 Å². The van der Waals surface area contributed by atoms with E-state index >= 15 is 0 Å². The third-order valence-corrected chi connectivity index (χ3v) is 7.32. The maximum Gasteiger partial charge on any atom is 0.332 e. The number of rotatable bonds is 10. The number of methoxy groups -OCH3 is 1. The summed E-state index contributed by atoms with van der Waals surface area (Å²) >= 11 is 1.10. The molecule has 0 saturated carbocycles. The summed E-state index contributed by atoms with van der Waals surface area (Å²) < 4.78 is 27.7. The van der Waals surface area contributed by atoms with Gasteiger partial charge in [-0.3, -0.25) is 14.2 Å². The zero-order chi connectivity index (χ0) is 27.6. The quantitative estimate of drug-likeness (QED) is 0.298. The van der Waals surface area contributed by atoms with Crippen molar-refractivity contribution in [2.75, 3.05) is 13.7 Å². The second-order valence-corrected chi connectivity index (χ2v) is 9.31. The lowest BCUT2D eigenvalue weighted by Crippen LogP contribution is -2.45. The van der Waals surface area contributed by atoms with Gasteiger partial charge < -0.3 is 15.2 Å². The number of fused-ring (bicyclic) bond motifs is 1. The molecule has 0 fully saturated rings. The van der Waals surface area contributed by atoms with Crippen LogP contribution in [0.1, 0.15) is 36.6 Å².